The summed E-state index contributed by atoms with van der Waals surface area (Å²) in [5.74, 6) is -1.73. The summed E-state index contributed by atoms with van der Waals surface area (Å²) in [7, 11) is 0. The fourth-order valence-electron chi connectivity index (χ4n) is 2.68. The van der Waals surface area contributed by atoms with Gasteiger partial charge in [-0.1, -0.05) is 0 Å². The minimum atomic E-state index is -0.993. The van der Waals surface area contributed by atoms with E-state index in [0.29, 0.717) is 5.92 Å². The number of nitrogens with zero attached hydrogens (tertiary/aromatic N) is 1. The first-order valence-corrected chi connectivity index (χ1v) is 6.91. The van der Waals surface area contributed by atoms with Crippen molar-refractivity contribution in [1.82, 2.24) is 4.90 Å². The molecule has 110 valence electrons. The largest absolute Gasteiger partial charge is 0.396 e. The van der Waals surface area contributed by atoms with Crippen LogP contribution in [0.4, 0.5) is 8.78 Å². The van der Waals surface area contributed by atoms with Gasteiger partial charge in [0.15, 0.2) is 17.4 Å². The van der Waals surface area contributed by atoms with Crippen LogP contribution in [0.25, 0.3) is 0 Å². The van der Waals surface area contributed by atoms with E-state index in [1.54, 1.807) is 0 Å². The van der Waals surface area contributed by atoms with Crippen molar-refractivity contribution in [2.75, 3.05) is 26.2 Å². The predicted molar refractivity (Wildman–Crippen MR) is 71.6 cm³/mol. The Kier molecular flexibility index (Phi) is 5.20. The molecule has 0 amide bonds. The smallest absolute Gasteiger partial charge is 0.176 e. The van der Waals surface area contributed by atoms with Crippen LogP contribution in [0.1, 0.15) is 29.6 Å². The number of likely N-dealkylation sites (tertiary alicyclic amines) is 1. The van der Waals surface area contributed by atoms with E-state index in [9.17, 15) is 13.6 Å². The van der Waals surface area contributed by atoms with E-state index >= 15 is 0 Å². The number of ketones is 1. The molecule has 0 bridgehead atoms. The average molecular weight is 283 g/mol. The molecule has 1 aliphatic heterocycles. The lowest BCUT2D eigenvalue weighted by atomic mass is 9.95. The van der Waals surface area contributed by atoms with Crippen LogP contribution >= 0.6 is 0 Å². The summed E-state index contributed by atoms with van der Waals surface area (Å²) in [5.41, 5.74) is 0.202. The van der Waals surface area contributed by atoms with Crippen LogP contribution in [0, 0.1) is 17.6 Å². The molecule has 0 aromatic heterocycles. The summed E-state index contributed by atoms with van der Waals surface area (Å²) >= 11 is 0. The minimum Gasteiger partial charge on any atom is -0.396 e. The van der Waals surface area contributed by atoms with Crippen LogP contribution in [-0.4, -0.2) is 42.0 Å². The van der Waals surface area contributed by atoms with Crippen molar-refractivity contribution in [3.8, 4) is 0 Å². The molecule has 1 atom stereocenters. The molecule has 1 heterocycles. The van der Waals surface area contributed by atoms with Crippen molar-refractivity contribution in [3.63, 3.8) is 0 Å². The Morgan fingerprint density at radius 3 is 2.85 bits per heavy atom. The number of aliphatic hydroxyl groups excluding tert-OH is 1. The van der Waals surface area contributed by atoms with Crippen LogP contribution in [0.3, 0.4) is 0 Å². The summed E-state index contributed by atoms with van der Waals surface area (Å²) in [4.78, 5) is 14.1. The quantitative estimate of drug-likeness (QED) is 0.843. The molecule has 1 aliphatic rings. The van der Waals surface area contributed by atoms with Gasteiger partial charge < -0.3 is 5.11 Å². The second-order valence-corrected chi connectivity index (χ2v) is 5.31. The van der Waals surface area contributed by atoms with Gasteiger partial charge in [-0.25, -0.2) is 8.78 Å². The second-order valence-electron chi connectivity index (χ2n) is 5.31. The Balaban J connectivity index is 1.95. The Hall–Kier alpha value is -1.33. The molecule has 1 N–H and O–H groups in total. The van der Waals surface area contributed by atoms with E-state index in [4.69, 9.17) is 5.11 Å². The first-order valence-electron chi connectivity index (χ1n) is 6.91. The van der Waals surface area contributed by atoms with Crippen molar-refractivity contribution in [1.29, 1.82) is 0 Å². The average Bonchev–Trinajstić information content (AvgIpc) is 2.42. The lowest BCUT2D eigenvalue weighted by molar-refractivity contribution is 0.0871. The Labute approximate surface area is 117 Å². The van der Waals surface area contributed by atoms with E-state index in [0.717, 1.165) is 44.5 Å². The summed E-state index contributed by atoms with van der Waals surface area (Å²) in [6.45, 7) is 1.98. The molecule has 3 nitrogen and oxygen atoms in total. The molecule has 0 spiro atoms. The molecule has 5 heteroatoms. The summed E-state index contributed by atoms with van der Waals surface area (Å²) in [6.07, 6.45) is 2.81. The van der Waals surface area contributed by atoms with Gasteiger partial charge in [-0.15, -0.1) is 0 Å². The highest BCUT2D eigenvalue weighted by atomic mass is 19.2. The molecule has 1 fully saturated rings. The molecule has 0 saturated carbocycles. The lowest BCUT2D eigenvalue weighted by Crippen LogP contribution is -2.39. The van der Waals surface area contributed by atoms with Crippen molar-refractivity contribution >= 4 is 5.78 Å². The van der Waals surface area contributed by atoms with Crippen molar-refractivity contribution in [2.24, 2.45) is 5.92 Å². The number of carbonyl (C=O) groups excluding carboxylic acids is 1. The number of hydrogen-bond acceptors (Lipinski definition) is 3. The number of benzene rings is 1. The SMILES string of the molecule is O=C(CN1CCCC(CCO)C1)c1ccc(F)c(F)c1. The van der Waals surface area contributed by atoms with Gasteiger partial charge in [-0.05, 0) is 49.9 Å². The molecule has 20 heavy (non-hydrogen) atoms. The van der Waals surface area contributed by atoms with Crippen molar-refractivity contribution in [3.05, 3.63) is 35.4 Å². The Morgan fingerprint density at radius 2 is 2.15 bits per heavy atom. The maximum Gasteiger partial charge on any atom is 0.176 e. The Bertz CT molecular complexity index is 477. The van der Waals surface area contributed by atoms with Gasteiger partial charge in [0.25, 0.3) is 0 Å². The van der Waals surface area contributed by atoms with Crippen LogP contribution in [0.5, 0.6) is 0 Å². The summed E-state index contributed by atoms with van der Waals surface area (Å²) in [5, 5.41) is 8.96. The van der Waals surface area contributed by atoms with Gasteiger partial charge >= 0.3 is 0 Å². The summed E-state index contributed by atoms with van der Waals surface area (Å²) in [6, 6.07) is 3.25. The highest BCUT2D eigenvalue weighted by Gasteiger charge is 2.22. The third-order valence-corrected chi connectivity index (χ3v) is 3.75. The number of rotatable bonds is 5. The monoisotopic (exact) mass is 283 g/mol. The van der Waals surface area contributed by atoms with Gasteiger partial charge in [-0.3, -0.25) is 9.69 Å². The molecular formula is C15H19F2NO2. The number of piperidine rings is 1. The van der Waals surface area contributed by atoms with Crippen LogP contribution in [0.15, 0.2) is 18.2 Å². The van der Waals surface area contributed by atoms with Crippen LogP contribution < -0.4 is 0 Å². The number of aliphatic hydroxyl groups is 1. The molecule has 1 saturated heterocycles. The van der Waals surface area contributed by atoms with Crippen LogP contribution in [0.2, 0.25) is 0 Å². The number of halogens is 2. The molecular weight excluding hydrogens is 264 g/mol. The third-order valence-electron chi connectivity index (χ3n) is 3.75. The normalized spacial score (nSPS) is 20.1. The van der Waals surface area contributed by atoms with Crippen molar-refractivity contribution in [2.45, 2.75) is 19.3 Å². The first-order chi connectivity index (χ1) is 9.60. The minimum absolute atomic E-state index is 0.162. The van der Waals surface area contributed by atoms with Crippen LogP contribution in [-0.2, 0) is 0 Å². The third kappa shape index (κ3) is 3.84. The van der Waals surface area contributed by atoms with E-state index in [2.05, 4.69) is 0 Å². The fourth-order valence-corrected chi connectivity index (χ4v) is 2.68. The zero-order chi connectivity index (χ0) is 14.5. The molecule has 0 radical (unpaired) electrons. The zero-order valence-electron chi connectivity index (χ0n) is 11.3. The molecule has 1 unspecified atom stereocenters. The highest BCUT2D eigenvalue weighted by Crippen LogP contribution is 2.19. The van der Waals surface area contributed by atoms with Gasteiger partial charge in [0, 0.05) is 18.7 Å². The predicted octanol–water partition coefficient (Wildman–Crippen LogP) is 2.24. The molecule has 1 aromatic carbocycles. The maximum atomic E-state index is 13.1. The zero-order valence-corrected chi connectivity index (χ0v) is 11.3. The van der Waals surface area contributed by atoms with Gasteiger partial charge in [0.05, 0.1) is 6.54 Å². The number of Topliss-reactive ketones (excluding diaryl/α,β-unsaturated/α-hetero) is 1. The van der Waals surface area contributed by atoms with E-state index in [1.807, 2.05) is 4.90 Å². The van der Waals surface area contributed by atoms with Gasteiger partial charge in [0.2, 0.25) is 0 Å². The van der Waals surface area contributed by atoms with Crippen molar-refractivity contribution < 1.29 is 18.7 Å². The highest BCUT2D eigenvalue weighted by molar-refractivity contribution is 5.97. The number of hydrogen-bond donors (Lipinski definition) is 1. The molecule has 0 aliphatic carbocycles. The first kappa shape index (κ1) is 15.1. The Morgan fingerprint density at radius 1 is 1.35 bits per heavy atom. The fraction of sp³-hybridized carbons (Fsp3) is 0.533. The number of carbonyl (C=O) groups is 1. The topological polar surface area (TPSA) is 40.5 Å². The van der Waals surface area contributed by atoms with E-state index < -0.39 is 11.6 Å². The maximum absolute atomic E-state index is 13.1. The summed E-state index contributed by atoms with van der Waals surface area (Å²) < 4.78 is 25.9. The second kappa shape index (κ2) is 6.90. The van der Waals surface area contributed by atoms with E-state index in [1.165, 1.54) is 6.07 Å². The molecule has 2 rings (SSSR count). The van der Waals surface area contributed by atoms with Gasteiger partial charge in [0.1, 0.15) is 0 Å². The van der Waals surface area contributed by atoms with Gasteiger partial charge in [-0.2, -0.15) is 0 Å². The lowest BCUT2D eigenvalue weighted by Gasteiger charge is -2.31. The standard InChI is InChI=1S/C15H19F2NO2/c16-13-4-3-12(8-14(13)17)15(20)10-18-6-1-2-11(9-18)5-7-19/h3-4,8,11,19H,1-2,5-7,9-10H2. The molecule has 1 aromatic rings. The van der Waals surface area contributed by atoms with E-state index in [-0.39, 0.29) is 24.5 Å².